The van der Waals surface area contributed by atoms with Crippen LogP contribution in [-0.4, -0.2) is 60.9 Å². The highest BCUT2D eigenvalue weighted by Gasteiger charge is 2.36. The Labute approximate surface area is 129 Å². The number of carbonyl (C=O) groups is 2. The Balaban J connectivity index is 2.20. The highest BCUT2D eigenvalue weighted by Crippen LogP contribution is 2.36. The number of carboxylic acid groups (broad SMARTS) is 1. The molecule has 1 aromatic rings. The van der Waals surface area contributed by atoms with Crippen molar-refractivity contribution in [3.8, 4) is 17.2 Å². The molecular formula is C14H14O9. The van der Waals surface area contributed by atoms with Crippen LogP contribution in [0.1, 0.15) is 16.8 Å². The first-order chi connectivity index (χ1) is 10.7. The second-order valence-electron chi connectivity index (χ2n) is 4.99. The summed E-state index contributed by atoms with van der Waals surface area (Å²) in [5, 5.41) is 56.2. The molecule has 0 radical (unpaired) electrons. The van der Waals surface area contributed by atoms with Gasteiger partial charge in [0.25, 0.3) is 0 Å². The SMILES string of the molecule is O=C(O)C1=C[C@@H](O)[C@@H](O)[C@@H](OC(=O)c2cc(O)c(O)c(O)c2)C1. The van der Waals surface area contributed by atoms with E-state index >= 15 is 0 Å². The van der Waals surface area contributed by atoms with Crippen molar-refractivity contribution in [1.82, 2.24) is 0 Å². The Hall–Kier alpha value is -2.78. The lowest BCUT2D eigenvalue weighted by Crippen LogP contribution is -2.43. The normalized spacial score (nSPS) is 23.9. The van der Waals surface area contributed by atoms with E-state index in [-0.39, 0.29) is 17.6 Å². The number of hydrogen-bond acceptors (Lipinski definition) is 8. The predicted molar refractivity (Wildman–Crippen MR) is 73.0 cm³/mol. The molecule has 9 nitrogen and oxygen atoms in total. The van der Waals surface area contributed by atoms with Crippen molar-refractivity contribution in [3.63, 3.8) is 0 Å². The van der Waals surface area contributed by atoms with E-state index in [9.17, 15) is 35.1 Å². The second-order valence-corrected chi connectivity index (χ2v) is 4.99. The fourth-order valence-electron chi connectivity index (χ4n) is 2.13. The van der Waals surface area contributed by atoms with Crippen molar-refractivity contribution < 1.29 is 45.0 Å². The molecule has 1 aliphatic carbocycles. The van der Waals surface area contributed by atoms with E-state index in [0.29, 0.717) is 0 Å². The standard InChI is InChI=1S/C14H14O9/c15-7-2-6(3-8(16)11(7)18)14(22)23-10-4-5(13(20)21)1-9(17)12(10)19/h1-3,9-10,12,15-19H,4H2,(H,20,21)/t9-,10+,12-/m1/s1. The fraction of sp³-hybridized carbons (Fsp3) is 0.286. The van der Waals surface area contributed by atoms with Gasteiger partial charge in [0.2, 0.25) is 0 Å². The molecule has 0 unspecified atom stereocenters. The molecule has 0 bridgehead atoms. The minimum absolute atomic E-state index is 0.225. The van der Waals surface area contributed by atoms with Gasteiger partial charge in [0, 0.05) is 12.0 Å². The molecule has 0 fully saturated rings. The molecular weight excluding hydrogens is 312 g/mol. The van der Waals surface area contributed by atoms with Gasteiger partial charge in [0.05, 0.1) is 5.56 Å². The fourth-order valence-corrected chi connectivity index (χ4v) is 2.13. The Bertz CT molecular complexity index is 656. The summed E-state index contributed by atoms with van der Waals surface area (Å²) in [6.45, 7) is 0. The molecule has 124 valence electrons. The van der Waals surface area contributed by atoms with Gasteiger partial charge in [0.15, 0.2) is 17.2 Å². The summed E-state index contributed by atoms with van der Waals surface area (Å²) in [4.78, 5) is 22.9. The minimum Gasteiger partial charge on any atom is -0.504 e. The van der Waals surface area contributed by atoms with Gasteiger partial charge in [-0.15, -0.1) is 0 Å². The lowest BCUT2D eigenvalue weighted by Gasteiger charge is -2.29. The highest BCUT2D eigenvalue weighted by atomic mass is 16.6. The molecule has 1 aromatic carbocycles. The van der Waals surface area contributed by atoms with Crippen LogP contribution < -0.4 is 0 Å². The average molecular weight is 326 g/mol. The number of ether oxygens (including phenoxy) is 1. The third kappa shape index (κ3) is 3.35. The smallest absolute Gasteiger partial charge is 0.338 e. The molecule has 0 saturated carbocycles. The van der Waals surface area contributed by atoms with E-state index < -0.39 is 47.5 Å². The zero-order valence-electron chi connectivity index (χ0n) is 11.6. The summed E-state index contributed by atoms with van der Waals surface area (Å²) >= 11 is 0. The zero-order valence-corrected chi connectivity index (χ0v) is 11.6. The van der Waals surface area contributed by atoms with Crippen LogP contribution in [0.5, 0.6) is 17.2 Å². The molecule has 9 heteroatoms. The Morgan fingerprint density at radius 2 is 1.65 bits per heavy atom. The summed E-state index contributed by atoms with van der Waals surface area (Å²) in [5.74, 6) is -4.74. The van der Waals surface area contributed by atoms with Crippen LogP contribution in [0.4, 0.5) is 0 Å². The predicted octanol–water partition coefficient (Wildman–Crippen LogP) is -0.535. The number of rotatable bonds is 3. The van der Waals surface area contributed by atoms with Crippen molar-refractivity contribution in [2.45, 2.75) is 24.7 Å². The maximum absolute atomic E-state index is 12.0. The van der Waals surface area contributed by atoms with E-state index in [1.807, 2.05) is 0 Å². The molecule has 0 heterocycles. The quantitative estimate of drug-likeness (QED) is 0.316. The number of aliphatic hydroxyl groups excluding tert-OH is 2. The van der Waals surface area contributed by atoms with Gasteiger partial charge in [-0.25, -0.2) is 9.59 Å². The summed E-state index contributed by atoms with van der Waals surface area (Å²) in [5.41, 5.74) is -0.553. The third-order valence-electron chi connectivity index (χ3n) is 3.36. The summed E-state index contributed by atoms with van der Waals surface area (Å²) < 4.78 is 4.93. The molecule has 6 N–H and O–H groups in total. The number of hydrogen-bond donors (Lipinski definition) is 6. The maximum atomic E-state index is 12.0. The van der Waals surface area contributed by atoms with E-state index in [0.717, 1.165) is 18.2 Å². The van der Waals surface area contributed by atoms with Gasteiger partial charge in [-0.05, 0) is 18.2 Å². The lowest BCUT2D eigenvalue weighted by molar-refractivity contribution is -0.134. The number of aliphatic hydroxyl groups is 2. The zero-order chi connectivity index (χ0) is 17.3. The van der Waals surface area contributed by atoms with Crippen LogP contribution in [0.15, 0.2) is 23.8 Å². The summed E-state index contributed by atoms with van der Waals surface area (Å²) in [6, 6.07) is 1.66. The van der Waals surface area contributed by atoms with Gasteiger partial charge < -0.3 is 35.4 Å². The maximum Gasteiger partial charge on any atom is 0.338 e. The average Bonchev–Trinajstić information content (AvgIpc) is 2.48. The first-order valence-corrected chi connectivity index (χ1v) is 6.46. The number of phenols is 3. The van der Waals surface area contributed by atoms with Gasteiger partial charge in [-0.2, -0.15) is 0 Å². The van der Waals surface area contributed by atoms with Crippen molar-refractivity contribution in [1.29, 1.82) is 0 Å². The molecule has 3 atom stereocenters. The Morgan fingerprint density at radius 1 is 1.09 bits per heavy atom. The van der Waals surface area contributed by atoms with Crippen LogP contribution in [0, 0.1) is 0 Å². The summed E-state index contributed by atoms with van der Waals surface area (Å²) in [6.07, 6.45) is -3.74. The molecule has 0 aromatic heterocycles. The lowest BCUT2D eigenvalue weighted by atomic mass is 9.92. The third-order valence-corrected chi connectivity index (χ3v) is 3.36. The van der Waals surface area contributed by atoms with Crippen molar-refractivity contribution in [2.75, 3.05) is 0 Å². The Morgan fingerprint density at radius 3 is 2.17 bits per heavy atom. The number of aliphatic carboxylic acids is 1. The molecule has 23 heavy (non-hydrogen) atoms. The van der Waals surface area contributed by atoms with Gasteiger partial charge in [-0.3, -0.25) is 0 Å². The van der Waals surface area contributed by atoms with Crippen LogP contribution in [-0.2, 0) is 9.53 Å². The van der Waals surface area contributed by atoms with Gasteiger partial charge >= 0.3 is 11.9 Å². The molecule has 0 spiro atoms. The van der Waals surface area contributed by atoms with Crippen LogP contribution in [0.2, 0.25) is 0 Å². The topological polar surface area (TPSA) is 165 Å². The minimum atomic E-state index is -1.53. The molecule has 1 aliphatic rings. The van der Waals surface area contributed by atoms with E-state index in [4.69, 9.17) is 9.84 Å². The van der Waals surface area contributed by atoms with E-state index in [1.54, 1.807) is 0 Å². The number of carbonyl (C=O) groups excluding carboxylic acids is 1. The largest absolute Gasteiger partial charge is 0.504 e. The van der Waals surface area contributed by atoms with Crippen molar-refractivity contribution >= 4 is 11.9 Å². The van der Waals surface area contributed by atoms with Crippen molar-refractivity contribution in [3.05, 3.63) is 29.3 Å². The van der Waals surface area contributed by atoms with E-state index in [1.165, 1.54) is 0 Å². The first-order valence-electron chi connectivity index (χ1n) is 6.46. The number of benzene rings is 1. The van der Waals surface area contributed by atoms with Crippen molar-refractivity contribution in [2.24, 2.45) is 0 Å². The molecule has 2 rings (SSSR count). The van der Waals surface area contributed by atoms with Crippen LogP contribution in [0.25, 0.3) is 0 Å². The molecule has 0 aliphatic heterocycles. The van der Waals surface area contributed by atoms with E-state index in [2.05, 4.69) is 0 Å². The van der Waals surface area contributed by atoms with Gasteiger partial charge in [0.1, 0.15) is 18.3 Å². The first kappa shape index (κ1) is 16.6. The highest BCUT2D eigenvalue weighted by molar-refractivity contribution is 5.91. The Kier molecular flexibility index (Phi) is 4.43. The molecule has 0 amide bonds. The van der Waals surface area contributed by atoms with Gasteiger partial charge in [-0.1, -0.05) is 0 Å². The number of aromatic hydroxyl groups is 3. The number of phenolic OH excluding ortho intramolecular Hbond substituents is 3. The van der Waals surface area contributed by atoms with Crippen LogP contribution >= 0.6 is 0 Å². The monoisotopic (exact) mass is 326 g/mol. The van der Waals surface area contributed by atoms with Crippen LogP contribution in [0.3, 0.4) is 0 Å². The number of esters is 1. The summed E-state index contributed by atoms with van der Waals surface area (Å²) in [7, 11) is 0. The second kappa shape index (κ2) is 6.15. The molecule has 0 saturated heterocycles. The number of carboxylic acids is 1.